The zero-order valence-electron chi connectivity index (χ0n) is 12.8. The lowest BCUT2D eigenvalue weighted by Crippen LogP contribution is -2.36. The quantitative estimate of drug-likeness (QED) is 0.916. The predicted octanol–water partition coefficient (Wildman–Crippen LogP) is 2.35. The molecule has 3 rings (SSSR count). The Morgan fingerprint density at radius 3 is 3.05 bits per heavy atom. The van der Waals surface area contributed by atoms with Gasteiger partial charge in [-0.2, -0.15) is 5.10 Å². The molecule has 1 unspecified atom stereocenters. The molecule has 1 aromatic heterocycles. The SMILES string of the molecule is COc1ccc2c(c1)CC(NCCn1cc(C)cn1)CC2. The van der Waals surface area contributed by atoms with Crippen LogP contribution in [0, 0.1) is 6.92 Å². The lowest BCUT2D eigenvalue weighted by molar-refractivity contribution is 0.409. The number of ether oxygens (including phenoxy) is 1. The minimum atomic E-state index is 0.557. The van der Waals surface area contributed by atoms with Crippen molar-refractivity contribution in [3.8, 4) is 5.75 Å². The Hall–Kier alpha value is -1.81. The van der Waals surface area contributed by atoms with Crippen LogP contribution in [0.4, 0.5) is 0 Å². The molecule has 1 N–H and O–H groups in total. The van der Waals surface area contributed by atoms with E-state index >= 15 is 0 Å². The summed E-state index contributed by atoms with van der Waals surface area (Å²) >= 11 is 0. The van der Waals surface area contributed by atoms with Crippen LogP contribution in [0.1, 0.15) is 23.1 Å². The van der Waals surface area contributed by atoms with E-state index in [4.69, 9.17) is 4.74 Å². The zero-order valence-corrected chi connectivity index (χ0v) is 12.8. The summed E-state index contributed by atoms with van der Waals surface area (Å²) in [4.78, 5) is 0. The molecule has 1 aliphatic rings. The Bertz CT molecular complexity index is 606. The van der Waals surface area contributed by atoms with E-state index in [2.05, 4.69) is 41.7 Å². The molecule has 21 heavy (non-hydrogen) atoms. The highest BCUT2D eigenvalue weighted by atomic mass is 16.5. The van der Waals surface area contributed by atoms with Crippen LogP contribution in [-0.2, 0) is 19.4 Å². The summed E-state index contributed by atoms with van der Waals surface area (Å²) in [5.74, 6) is 0.960. The van der Waals surface area contributed by atoms with Crippen molar-refractivity contribution in [2.24, 2.45) is 0 Å². The molecule has 0 fully saturated rings. The number of aryl methyl sites for hydroxylation is 2. The number of hydrogen-bond donors (Lipinski definition) is 1. The molecule has 1 heterocycles. The van der Waals surface area contributed by atoms with Crippen LogP contribution in [0.15, 0.2) is 30.6 Å². The number of benzene rings is 1. The highest BCUT2D eigenvalue weighted by molar-refractivity contribution is 5.37. The minimum Gasteiger partial charge on any atom is -0.497 e. The van der Waals surface area contributed by atoms with Gasteiger partial charge in [0.1, 0.15) is 5.75 Å². The third-order valence-electron chi connectivity index (χ3n) is 4.18. The van der Waals surface area contributed by atoms with Crippen LogP contribution in [0.2, 0.25) is 0 Å². The van der Waals surface area contributed by atoms with E-state index < -0.39 is 0 Å². The molecule has 0 bridgehead atoms. The molecule has 0 radical (unpaired) electrons. The van der Waals surface area contributed by atoms with Crippen molar-refractivity contribution < 1.29 is 4.74 Å². The molecule has 0 amide bonds. The average molecular weight is 285 g/mol. The summed E-state index contributed by atoms with van der Waals surface area (Å²) in [6.45, 7) is 3.96. The van der Waals surface area contributed by atoms with Crippen LogP contribution in [0.25, 0.3) is 0 Å². The number of fused-ring (bicyclic) bond motifs is 1. The van der Waals surface area contributed by atoms with Crippen molar-refractivity contribution in [3.63, 3.8) is 0 Å². The Labute approximate surface area is 126 Å². The first-order valence-corrected chi connectivity index (χ1v) is 7.63. The fraction of sp³-hybridized carbons (Fsp3) is 0.471. The first kappa shape index (κ1) is 14.1. The van der Waals surface area contributed by atoms with Crippen LogP contribution < -0.4 is 10.1 Å². The van der Waals surface area contributed by atoms with Gasteiger partial charge >= 0.3 is 0 Å². The number of hydrogen-bond acceptors (Lipinski definition) is 3. The van der Waals surface area contributed by atoms with E-state index in [0.717, 1.165) is 31.7 Å². The van der Waals surface area contributed by atoms with Gasteiger partial charge in [-0.1, -0.05) is 6.07 Å². The zero-order chi connectivity index (χ0) is 14.7. The van der Waals surface area contributed by atoms with Crippen LogP contribution in [-0.4, -0.2) is 29.5 Å². The van der Waals surface area contributed by atoms with Crippen LogP contribution in [0.3, 0.4) is 0 Å². The molecule has 0 saturated heterocycles. The van der Waals surface area contributed by atoms with Crippen LogP contribution in [0.5, 0.6) is 5.75 Å². The van der Waals surface area contributed by atoms with E-state index in [1.54, 1.807) is 7.11 Å². The van der Waals surface area contributed by atoms with E-state index in [9.17, 15) is 0 Å². The molecule has 1 aliphatic carbocycles. The van der Waals surface area contributed by atoms with Gasteiger partial charge in [-0.25, -0.2) is 0 Å². The number of rotatable bonds is 5. The van der Waals surface area contributed by atoms with Gasteiger partial charge in [-0.3, -0.25) is 4.68 Å². The molecular formula is C17H23N3O. The normalized spacial score (nSPS) is 17.5. The van der Waals surface area contributed by atoms with Crippen molar-refractivity contribution in [2.75, 3.05) is 13.7 Å². The van der Waals surface area contributed by atoms with E-state index in [1.165, 1.54) is 23.1 Å². The van der Waals surface area contributed by atoms with Gasteiger partial charge in [0.2, 0.25) is 0 Å². The largest absolute Gasteiger partial charge is 0.497 e. The number of nitrogens with zero attached hydrogens (tertiary/aromatic N) is 2. The van der Waals surface area contributed by atoms with Gasteiger partial charge < -0.3 is 10.1 Å². The van der Waals surface area contributed by atoms with Crippen LogP contribution >= 0.6 is 0 Å². The minimum absolute atomic E-state index is 0.557. The second-order valence-electron chi connectivity index (χ2n) is 5.81. The van der Waals surface area contributed by atoms with Crippen molar-refractivity contribution in [3.05, 3.63) is 47.3 Å². The Kier molecular flexibility index (Phi) is 4.25. The van der Waals surface area contributed by atoms with Crippen molar-refractivity contribution >= 4 is 0 Å². The summed E-state index contributed by atoms with van der Waals surface area (Å²) in [6.07, 6.45) is 7.44. The summed E-state index contributed by atoms with van der Waals surface area (Å²) in [5.41, 5.74) is 4.11. The third kappa shape index (κ3) is 3.45. The highest BCUT2D eigenvalue weighted by Crippen LogP contribution is 2.25. The van der Waals surface area contributed by atoms with Gasteiger partial charge in [-0.15, -0.1) is 0 Å². The molecule has 2 aromatic rings. The van der Waals surface area contributed by atoms with Crippen molar-refractivity contribution in [1.29, 1.82) is 0 Å². The molecular weight excluding hydrogens is 262 g/mol. The average Bonchev–Trinajstić information content (AvgIpc) is 2.92. The van der Waals surface area contributed by atoms with E-state index in [-0.39, 0.29) is 0 Å². The lowest BCUT2D eigenvalue weighted by atomic mass is 9.88. The van der Waals surface area contributed by atoms with Crippen molar-refractivity contribution in [1.82, 2.24) is 15.1 Å². The molecule has 4 heteroatoms. The smallest absolute Gasteiger partial charge is 0.119 e. The summed E-state index contributed by atoms with van der Waals surface area (Å²) in [6, 6.07) is 7.00. The van der Waals surface area contributed by atoms with Gasteiger partial charge in [-0.05, 0) is 55.0 Å². The fourth-order valence-electron chi connectivity index (χ4n) is 3.01. The standard InChI is InChI=1S/C17H23N3O/c1-13-11-19-20(12-13)8-7-18-16-5-3-14-4-6-17(21-2)10-15(14)9-16/h4,6,10-12,16,18H,3,5,7-9H2,1-2H3. The summed E-state index contributed by atoms with van der Waals surface area (Å²) in [7, 11) is 1.73. The second kappa shape index (κ2) is 6.31. The molecule has 0 spiro atoms. The van der Waals surface area contributed by atoms with Crippen molar-refractivity contribution in [2.45, 2.75) is 38.8 Å². The van der Waals surface area contributed by atoms with E-state index in [0.29, 0.717) is 6.04 Å². The van der Waals surface area contributed by atoms with Gasteiger partial charge in [0, 0.05) is 18.8 Å². The molecule has 4 nitrogen and oxygen atoms in total. The van der Waals surface area contributed by atoms with E-state index in [1.807, 2.05) is 10.9 Å². The lowest BCUT2D eigenvalue weighted by Gasteiger charge is -2.26. The topological polar surface area (TPSA) is 39.1 Å². The number of nitrogens with one attached hydrogen (secondary N) is 1. The molecule has 1 aromatic carbocycles. The predicted molar refractivity (Wildman–Crippen MR) is 83.8 cm³/mol. The maximum absolute atomic E-state index is 5.32. The maximum Gasteiger partial charge on any atom is 0.119 e. The fourth-order valence-corrected chi connectivity index (χ4v) is 3.01. The molecule has 0 saturated carbocycles. The molecule has 1 atom stereocenters. The Morgan fingerprint density at radius 1 is 1.38 bits per heavy atom. The van der Waals surface area contributed by atoms with Gasteiger partial charge in [0.05, 0.1) is 19.9 Å². The Balaban J connectivity index is 1.53. The molecule has 0 aliphatic heterocycles. The maximum atomic E-state index is 5.32. The monoisotopic (exact) mass is 285 g/mol. The molecule has 112 valence electrons. The third-order valence-corrected chi connectivity index (χ3v) is 4.18. The Morgan fingerprint density at radius 2 is 2.29 bits per heavy atom. The summed E-state index contributed by atoms with van der Waals surface area (Å²) in [5, 5.41) is 7.97. The van der Waals surface area contributed by atoms with Gasteiger partial charge in [0.15, 0.2) is 0 Å². The highest BCUT2D eigenvalue weighted by Gasteiger charge is 2.18. The number of methoxy groups -OCH3 is 1. The second-order valence-corrected chi connectivity index (χ2v) is 5.81. The summed E-state index contributed by atoms with van der Waals surface area (Å²) < 4.78 is 7.33. The first-order valence-electron chi connectivity index (χ1n) is 7.63. The first-order chi connectivity index (χ1) is 10.2. The number of aromatic nitrogens is 2. The van der Waals surface area contributed by atoms with Gasteiger partial charge in [0.25, 0.3) is 0 Å².